The minimum absolute atomic E-state index is 0.179. The highest BCUT2D eigenvalue weighted by molar-refractivity contribution is 6.30. The number of benzene rings is 2. The van der Waals surface area contributed by atoms with Crippen molar-refractivity contribution in [2.75, 3.05) is 13.1 Å². The second-order valence-corrected chi connectivity index (χ2v) is 6.05. The second-order valence-electron chi connectivity index (χ2n) is 5.61. The molecule has 0 amide bonds. The highest BCUT2D eigenvalue weighted by Gasteiger charge is 2.11. The number of phenols is 1. The molecule has 0 atom stereocenters. The van der Waals surface area contributed by atoms with E-state index in [1.165, 1.54) is 31.5 Å². The van der Waals surface area contributed by atoms with Gasteiger partial charge in [0.15, 0.2) is 0 Å². The first-order valence-corrected chi connectivity index (χ1v) is 7.92. The molecular formula is C18H19ClN2O. The summed E-state index contributed by atoms with van der Waals surface area (Å²) in [6, 6.07) is 13.2. The number of nitrogens with zero attached hydrogens (tertiary/aromatic N) is 2. The van der Waals surface area contributed by atoms with Crippen molar-refractivity contribution < 1.29 is 5.11 Å². The monoisotopic (exact) mass is 314 g/mol. The van der Waals surface area contributed by atoms with E-state index in [9.17, 15) is 5.11 Å². The van der Waals surface area contributed by atoms with Crippen LogP contribution in [-0.4, -0.2) is 29.3 Å². The lowest BCUT2D eigenvalue weighted by atomic mass is 10.2. The molecule has 0 radical (unpaired) electrons. The number of phenolic OH excluding ortho intramolecular Hbond substituents is 1. The van der Waals surface area contributed by atoms with Gasteiger partial charge in [-0.3, -0.25) is 9.89 Å². The molecule has 114 valence electrons. The van der Waals surface area contributed by atoms with Crippen molar-refractivity contribution in [2.24, 2.45) is 4.99 Å². The molecule has 1 fully saturated rings. The SMILES string of the molecule is Oc1ccc(Cl)cc1C=Nc1ccc(CN2CCCC2)cc1. The first kappa shape index (κ1) is 15.1. The fraction of sp³-hybridized carbons (Fsp3) is 0.278. The van der Waals surface area contributed by atoms with Crippen LogP contribution in [0.25, 0.3) is 0 Å². The Bertz CT molecular complexity index is 661. The van der Waals surface area contributed by atoms with Crippen molar-refractivity contribution in [3.8, 4) is 5.75 Å². The Morgan fingerprint density at radius 3 is 2.55 bits per heavy atom. The molecule has 1 N–H and O–H groups in total. The summed E-state index contributed by atoms with van der Waals surface area (Å²) in [7, 11) is 0. The third-order valence-electron chi connectivity index (χ3n) is 3.88. The molecule has 1 heterocycles. The molecule has 2 aromatic rings. The van der Waals surface area contributed by atoms with E-state index in [-0.39, 0.29) is 5.75 Å². The van der Waals surface area contributed by atoms with Crippen molar-refractivity contribution in [1.29, 1.82) is 0 Å². The molecular weight excluding hydrogens is 296 g/mol. The van der Waals surface area contributed by atoms with Crippen LogP contribution in [0.5, 0.6) is 5.75 Å². The molecule has 1 aliphatic heterocycles. The van der Waals surface area contributed by atoms with Crippen molar-refractivity contribution in [1.82, 2.24) is 4.90 Å². The Hall–Kier alpha value is -1.84. The Morgan fingerprint density at radius 2 is 1.82 bits per heavy atom. The zero-order valence-electron chi connectivity index (χ0n) is 12.4. The van der Waals surface area contributed by atoms with Crippen LogP contribution in [0.1, 0.15) is 24.0 Å². The van der Waals surface area contributed by atoms with E-state index in [0.29, 0.717) is 10.6 Å². The van der Waals surface area contributed by atoms with Crippen molar-refractivity contribution >= 4 is 23.5 Å². The van der Waals surface area contributed by atoms with E-state index in [0.717, 1.165) is 12.2 Å². The lowest BCUT2D eigenvalue weighted by molar-refractivity contribution is 0.331. The summed E-state index contributed by atoms with van der Waals surface area (Å²) in [6.07, 6.45) is 4.26. The molecule has 0 aliphatic carbocycles. The molecule has 1 saturated heterocycles. The molecule has 0 saturated carbocycles. The van der Waals surface area contributed by atoms with Crippen LogP contribution in [0.4, 0.5) is 5.69 Å². The number of hydrogen-bond donors (Lipinski definition) is 1. The quantitative estimate of drug-likeness (QED) is 0.849. The Morgan fingerprint density at radius 1 is 1.09 bits per heavy atom. The first-order chi connectivity index (χ1) is 10.7. The zero-order chi connectivity index (χ0) is 15.4. The summed E-state index contributed by atoms with van der Waals surface area (Å²) in [5.41, 5.74) is 2.80. The van der Waals surface area contributed by atoms with Crippen LogP contribution in [0.3, 0.4) is 0 Å². The maximum atomic E-state index is 9.76. The second kappa shape index (κ2) is 6.95. The maximum absolute atomic E-state index is 9.76. The molecule has 22 heavy (non-hydrogen) atoms. The average molecular weight is 315 g/mol. The van der Waals surface area contributed by atoms with Crippen LogP contribution in [0.15, 0.2) is 47.5 Å². The Kier molecular flexibility index (Phi) is 4.76. The normalized spacial score (nSPS) is 15.7. The average Bonchev–Trinajstić information content (AvgIpc) is 3.03. The number of aromatic hydroxyl groups is 1. The number of likely N-dealkylation sites (tertiary alicyclic amines) is 1. The van der Waals surface area contributed by atoms with Gasteiger partial charge in [-0.05, 0) is 61.8 Å². The number of hydrogen-bond acceptors (Lipinski definition) is 3. The molecule has 3 rings (SSSR count). The summed E-state index contributed by atoms with van der Waals surface area (Å²) in [5.74, 6) is 0.179. The molecule has 0 aromatic heterocycles. The van der Waals surface area contributed by atoms with Gasteiger partial charge < -0.3 is 5.11 Å². The van der Waals surface area contributed by atoms with Crippen LogP contribution in [0.2, 0.25) is 5.02 Å². The molecule has 3 nitrogen and oxygen atoms in total. The van der Waals surface area contributed by atoms with Gasteiger partial charge in [0.25, 0.3) is 0 Å². The minimum Gasteiger partial charge on any atom is -0.507 e. The number of halogens is 1. The predicted molar refractivity (Wildman–Crippen MR) is 91.3 cm³/mol. The van der Waals surface area contributed by atoms with Crippen LogP contribution in [-0.2, 0) is 6.54 Å². The van der Waals surface area contributed by atoms with Crippen molar-refractivity contribution in [3.63, 3.8) is 0 Å². The van der Waals surface area contributed by atoms with E-state index < -0.39 is 0 Å². The van der Waals surface area contributed by atoms with Gasteiger partial charge in [-0.2, -0.15) is 0 Å². The van der Waals surface area contributed by atoms with E-state index >= 15 is 0 Å². The van der Waals surface area contributed by atoms with Crippen LogP contribution >= 0.6 is 11.6 Å². The third-order valence-corrected chi connectivity index (χ3v) is 4.12. The van der Waals surface area contributed by atoms with Crippen molar-refractivity contribution in [2.45, 2.75) is 19.4 Å². The maximum Gasteiger partial charge on any atom is 0.124 e. The summed E-state index contributed by atoms with van der Waals surface area (Å²) >= 11 is 5.92. The van der Waals surface area contributed by atoms with E-state index in [2.05, 4.69) is 22.0 Å². The van der Waals surface area contributed by atoms with Gasteiger partial charge in [0.05, 0.1) is 5.69 Å². The van der Waals surface area contributed by atoms with Crippen molar-refractivity contribution in [3.05, 3.63) is 58.6 Å². The summed E-state index contributed by atoms with van der Waals surface area (Å²) < 4.78 is 0. The molecule has 0 bridgehead atoms. The van der Waals surface area contributed by atoms with Gasteiger partial charge in [0.1, 0.15) is 5.75 Å². The fourth-order valence-electron chi connectivity index (χ4n) is 2.66. The van der Waals surface area contributed by atoms with E-state index in [1.807, 2.05) is 12.1 Å². The Balaban J connectivity index is 1.67. The summed E-state index contributed by atoms with van der Waals surface area (Å²) in [6.45, 7) is 3.42. The van der Waals surface area contributed by atoms with E-state index in [4.69, 9.17) is 11.6 Å². The fourth-order valence-corrected chi connectivity index (χ4v) is 2.84. The van der Waals surface area contributed by atoms with Gasteiger partial charge in [-0.25, -0.2) is 0 Å². The van der Waals surface area contributed by atoms with Gasteiger partial charge in [0.2, 0.25) is 0 Å². The van der Waals surface area contributed by atoms with Gasteiger partial charge in [-0.1, -0.05) is 23.7 Å². The number of rotatable bonds is 4. The lowest BCUT2D eigenvalue weighted by Gasteiger charge is -2.14. The smallest absolute Gasteiger partial charge is 0.124 e. The lowest BCUT2D eigenvalue weighted by Crippen LogP contribution is -2.18. The standard InChI is InChI=1S/C18H19ClN2O/c19-16-5-8-18(22)15(11-16)12-20-17-6-3-14(4-7-17)13-21-9-1-2-10-21/h3-8,11-12,22H,1-2,9-10,13H2. The first-order valence-electron chi connectivity index (χ1n) is 7.54. The highest BCUT2D eigenvalue weighted by atomic mass is 35.5. The largest absolute Gasteiger partial charge is 0.507 e. The summed E-state index contributed by atoms with van der Waals surface area (Å²) in [5, 5.41) is 10.3. The number of aliphatic imine (C=N–C) groups is 1. The topological polar surface area (TPSA) is 35.8 Å². The Labute approximate surface area is 135 Å². The zero-order valence-corrected chi connectivity index (χ0v) is 13.1. The molecule has 0 unspecified atom stereocenters. The van der Waals surface area contributed by atoms with E-state index in [1.54, 1.807) is 24.4 Å². The predicted octanol–water partition coefficient (Wildman–Crippen LogP) is 4.39. The molecule has 0 spiro atoms. The summed E-state index contributed by atoms with van der Waals surface area (Å²) in [4.78, 5) is 6.87. The molecule has 4 heteroatoms. The van der Waals surface area contributed by atoms with Gasteiger partial charge >= 0.3 is 0 Å². The van der Waals surface area contributed by atoms with Gasteiger partial charge in [-0.15, -0.1) is 0 Å². The highest BCUT2D eigenvalue weighted by Crippen LogP contribution is 2.21. The minimum atomic E-state index is 0.179. The molecule has 1 aliphatic rings. The molecule has 2 aromatic carbocycles. The van der Waals surface area contributed by atoms with Gasteiger partial charge in [0, 0.05) is 23.3 Å². The van der Waals surface area contributed by atoms with Crippen LogP contribution in [0, 0.1) is 0 Å². The third kappa shape index (κ3) is 3.87. The van der Waals surface area contributed by atoms with Crippen LogP contribution < -0.4 is 0 Å².